The standard InChI is InChI=1S/C17H15Cl2N3O4S/c1-9-3-5-12(22(24)25)8-14(9)20-17(27)21-16(23)10(2)26-15-6-4-11(18)7-13(15)19/h3-8,10H,1-2H3,(H2,20,21,23,27). The lowest BCUT2D eigenvalue weighted by molar-refractivity contribution is -0.384. The number of nitro groups is 1. The minimum atomic E-state index is -0.894. The van der Waals surface area contributed by atoms with E-state index >= 15 is 0 Å². The second-order valence-electron chi connectivity index (χ2n) is 5.53. The van der Waals surface area contributed by atoms with Crippen LogP contribution in [-0.4, -0.2) is 22.0 Å². The molecule has 0 heterocycles. The minimum absolute atomic E-state index is 0.0127. The number of aryl methyl sites for hydroxylation is 1. The van der Waals surface area contributed by atoms with Crippen molar-refractivity contribution in [3.63, 3.8) is 0 Å². The number of hydrogen-bond donors (Lipinski definition) is 2. The van der Waals surface area contributed by atoms with E-state index in [4.69, 9.17) is 40.2 Å². The van der Waals surface area contributed by atoms with E-state index in [1.54, 1.807) is 25.1 Å². The highest BCUT2D eigenvalue weighted by molar-refractivity contribution is 7.80. The number of rotatable bonds is 5. The first-order valence-electron chi connectivity index (χ1n) is 7.66. The molecule has 0 bridgehead atoms. The summed E-state index contributed by atoms with van der Waals surface area (Å²) in [7, 11) is 0. The highest BCUT2D eigenvalue weighted by Gasteiger charge is 2.18. The lowest BCUT2D eigenvalue weighted by Gasteiger charge is -2.17. The van der Waals surface area contributed by atoms with E-state index in [0.29, 0.717) is 16.5 Å². The molecule has 0 aliphatic rings. The zero-order valence-corrected chi connectivity index (χ0v) is 16.6. The van der Waals surface area contributed by atoms with Crippen molar-refractivity contribution in [3.8, 4) is 5.75 Å². The zero-order valence-electron chi connectivity index (χ0n) is 14.3. The Hall–Kier alpha value is -2.42. The maximum absolute atomic E-state index is 12.2. The van der Waals surface area contributed by atoms with Gasteiger partial charge in [-0.1, -0.05) is 29.3 Å². The maximum atomic E-state index is 12.2. The van der Waals surface area contributed by atoms with Crippen LogP contribution in [0, 0.1) is 17.0 Å². The number of nitrogens with zero attached hydrogens (tertiary/aromatic N) is 1. The number of carbonyl (C=O) groups is 1. The summed E-state index contributed by atoms with van der Waals surface area (Å²) in [6, 6.07) is 8.94. The molecule has 1 amide bonds. The summed E-state index contributed by atoms with van der Waals surface area (Å²) in [5, 5.41) is 16.8. The predicted octanol–water partition coefficient (Wildman–Crippen LogP) is 4.49. The molecule has 142 valence electrons. The van der Waals surface area contributed by atoms with Gasteiger partial charge in [-0.2, -0.15) is 0 Å². The fourth-order valence-electron chi connectivity index (χ4n) is 2.04. The van der Waals surface area contributed by atoms with Crippen LogP contribution in [0.4, 0.5) is 11.4 Å². The van der Waals surface area contributed by atoms with Gasteiger partial charge >= 0.3 is 0 Å². The molecule has 1 unspecified atom stereocenters. The Morgan fingerprint density at radius 1 is 1.26 bits per heavy atom. The van der Waals surface area contributed by atoms with Gasteiger partial charge in [-0.25, -0.2) is 0 Å². The third-order valence-corrected chi connectivity index (χ3v) is 4.22. The number of nitro benzene ring substituents is 1. The third kappa shape index (κ3) is 5.78. The molecular weight excluding hydrogens is 413 g/mol. The van der Waals surface area contributed by atoms with Crippen molar-refractivity contribution in [1.82, 2.24) is 5.32 Å². The molecule has 10 heteroatoms. The van der Waals surface area contributed by atoms with Crippen LogP contribution < -0.4 is 15.4 Å². The average Bonchev–Trinajstić information content (AvgIpc) is 2.58. The summed E-state index contributed by atoms with van der Waals surface area (Å²) in [6.07, 6.45) is -0.894. The largest absolute Gasteiger partial charge is 0.479 e. The summed E-state index contributed by atoms with van der Waals surface area (Å²) in [6.45, 7) is 3.28. The molecule has 7 nitrogen and oxygen atoms in total. The molecule has 2 aromatic rings. The molecule has 2 N–H and O–H groups in total. The van der Waals surface area contributed by atoms with Crippen LogP contribution in [-0.2, 0) is 4.79 Å². The Labute approximate surface area is 170 Å². The van der Waals surface area contributed by atoms with E-state index in [2.05, 4.69) is 10.6 Å². The van der Waals surface area contributed by atoms with E-state index < -0.39 is 16.9 Å². The molecule has 2 rings (SSSR count). The van der Waals surface area contributed by atoms with E-state index in [9.17, 15) is 14.9 Å². The molecule has 0 aliphatic heterocycles. The van der Waals surface area contributed by atoms with Gasteiger partial charge in [0, 0.05) is 22.8 Å². The Balaban J connectivity index is 1.99. The summed E-state index contributed by atoms with van der Waals surface area (Å²) in [5.41, 5.74) is 1.06. The van der Waals surface area contributed by atoms with Crippen LogP contribution in [0.2, 0.25) is 10.0 Å². The smallest absolute Gasteiger partial charge is 0.271 e. The molecular formula is C17H15Cl2N3O4S. The number of ether oxygens (including phenoxy) is 1. The first-order valence-corrected chi connectivity index (χ1v) is 8.82. The minimum Gasteiger partial charge on any atom is -0.479 e. The van der Waals surface area contributed by atoms with Crippen molar-refractivity contribution >= 4 is 57.8 Å². The molecule has 0 aromatic heterocycles. The molecule has 27 heavy (non-hydrogen) atoms. The Kier molecular flexibility index (Phi) is 6.95. The summed E-state index contributed by atoms with van der Waals surface area (Å²) < 4.78 is 5.51. The van der Waals surface area contributed by atoms with Gasteiger partial charge in [0.2, 0.25) is 0 Å². The number of nitrogens with one attached hydrogen (secondary N) is 2. The number of carbonyl (C=O) groups excluding carboxylic acids is 1. The fraction of sp³-hybridized carbons (Fsp3) is 0.176. The number of halogens is 2. The van der Waals surface area contributed by atoms with Crippen LogP contribution in [0.15, 0.2) is 36.4 Å². The third-order valence-electron chi connectivity index (χ3n) is 3.48. The van der Waals surface area contributed by atoms with Crippen LogP contribution in [0.5, 0.6) is 5.75 Å². The van der Waals surface area contributed by atoms with Crippen LogP contribution in [0.3, 0.4) is 0 Å². The molecule has 0 fully saturated rings. The first kappa shape index (κ1) is 20.9. The van der Waals surface area contributed by atoms with Crippen molar-refractivity contribution in [3.05, 3.63) is 62.1 Å². The van der Waals surface area contributed by atoms with Crippen LogP contribution in [0.25, 0.3) is 0 Å². The zero-order chi connectivity index (χ0) is 20.1. The summed E-state index contributed by atoms with van der Waals surface area (Å²) in [4.78, 5) is 22.6. The van der Waals surface area contributed by atoms with Crippen molar-refractivity contribution in [2.75, 3.05) is 5.32 Å². The predicted molar refractivity (Wildman–Crippen MR) is 109 cm³/mol. The van der Waals surface area contributed by atoms with E-state index in [1.165, 1.54) is 25.1 Å². The summed E-state index contributed by atoms with van der Waals surface area (Å²) >= 11 is 16.9. The number of anilines is 1. The van der Waals surface area contributed by atoms with Gasteiger partial charge in [-0.05, 0) is 49.8 Å². The second-order valence-corrected chi connectivity index (χ2v) is 6.79. The van der Waals surface area contributed by atoms with Gasteiger partial charge in [0.05, 0.1) is 9.95 Å². The monoisotopic (exact) mass is 427 g/mol. The lowest BCUT2D eigenvalue weighted by Crippen LogP contribution is -2.42. The lowest BCUT2D eigenvalue weighted by atomic mass is 10.2. The number of hydrogen-bond acceptors (Lipinski definition) is 5. The van der Waals surface area contributed by atoms with Crippen molar-refractivity contribution in [2.45, 2.75) is 20.0 Å². The summed E-state index contributed by atoms with van der Waals surface area (Å²) in [5.74, 6) is -0.210. The van der Waals surface area contributed by atoms with Gasteiger partial charge < -0.3 is 10.1 Å². The van der Waals surface area contributed by atoms with Gasteiger partial charge in [0.25, 0.3) is 11.6 Å². The van der Waals surface area contributed by atoms with E-state index in [0.717, 1.165) is 5.56 Å². The van der Waals surface area contributed by atoms with Gasteiger partial charge in [0.1, 0.15) is 5.75 Å². The Morgan fingerprint density at radius 2 is 1.96 bits per heavy atom. The van der Waals surface area contributed by atoms with E-state index in [1.807, 2.05) is 0 Å². The SMILES string of the molecule is Cc1ccc([N+](=O)[O-])cc1NC(=S)NC(=O)C(C)Oc1ccc(Cl)cc1Cl. The van der Waals surface area contributed by atoms with Gasteiger partial charge in [-0.3, -0.25) is 20.2 Å². The molecule has 0 saturated carbocycles. The van der Waals surface area contributed by atoms with Crippen LogP contribution in [0.1, 0.15) is 12.5 Å². The van der Waals surface area contributed by atoms with E-state index in [-0.39, 0.29) is 15.8 Å². The van der Waals surface area contributed by atoms with Crippen molar-refractivity contribution in [2.24, 2.45) is 0 Å². The van der Waals surface area contributed by atoms with Crippen molar-refractivity contribution < 1.29 is 14.5 Å². The highest BCUT2D eigenvalue weighted by Crippen LogP contribution is 2.28. The van der Waals surface area contributed by atoms with Crippen LogP contribution >= 0.6 is 35.4 Å². The normalized spacial score (nSPS) is 11.4. The molecule has 0 aliphatic carbocycles. The second kappa shape index (κ2) is 8.98. The Morgan fingerprint density at radius 3 is 2.59 bits per heavy atom. The quantitative estimate of drug-likeness (QED) is 0.414. The maximum Gasteiger partial charge on any atom is 0.271 e. The molecule has 1 atom stereocenters. The number of amides is 1. The van der Waals surface area contributed by atoms with Gasteiger partial charge in [0.15, 0.2) is 11.2 Å². The molecule has 2 aromatic carbocycles. The number of thiocarbonyl (C=S) groups is 1. The average molecular weight is 428 g/mol. The first-order chi connectivity index (χ1) is 12.7. The molecule has 0 radical (unpaired) electrons. The fourth-order valence-corrected chi connectivity index (χ4v) is 2.70. The topological polar surface area (TPSA) is 93.5 Å². The highest BCUT2D eigenvalue weighted by atomic mass is 35.5. The van der Waals surface area contributed by atoms with Gasteiger partial charge in [-0.15, -0.1) is 0 Å². The Bertz CT molecular complexity index is 908. The molecule has 0 saturated heterocycles. The number of non-ortho nitro benzene ring substituents is 1. The van der Waals surface area contributed by atoms with Crippen molar-refractivity contribution in [1.29, 1.82) is 0 Å². The number of benzene rings is 2. The molecule has 0 spiro atoms.